The largest absolute Gasteiger partial charge is 0.370 e. The van der Waals surface area contributed by atoms with Gasteiger partial charge in [-0.3, -0.25) is 9.89 Å². The molecule has 2 unspecified atom stereocenters. The number of nitrogens with two attached hydrogens (primary N) is 1. The number of rotatable bonds is 8. The van der Waals surface area contributed by atoms with Gasteiger partial charge in [0.2, 0.25) is 0 Å². The van der Waals surface area contributed by atoms with Crippen molar-refractivity contribution in [3.05, 3.63) is 0 Å². The molecule has 0 bridgehead atoms. The number of likely N-dealkylation sites (tertiary alicyclic amines) is 1. The molecule has 3 N–H and O–H groups in total. The topological polar surface area (TPSA) is 60.1 Å². The number of nitrogens with zero attached hydrogens (tertiary/aromatic N) is 4. The van der Waals surface area contributed by atoms with Crippen molar-refractivity contribution >= 4 is 5.96 Å². The number of nitrogens with one attached hydrogen (secondary N) is 1. The van der Waals surface area contributed by atoms with Gasteiger partial charge in [-0.05, 0) is 38.4 Å². The molecule has 0 aromatic carbocycles. The van der Waals surface area contributed by atoms with Crippen molar-refractivity contribution in [3.8, 4) is 0 Å². The Balaban J connectivity index is 1.62. The van der Waals surface area contributed by atoms with Crippen molar-refractivity contribution < 1.29 is 0 Å². The first-order chi connectivity index (χ1) is 11.6. The van der Waals surface area contributed by atoms with Crippen LogP contribution in [0.15, 0.2) is 4.99 Å². The molecule has 0 aliphatic carbocycles. The van der Waals surface area contributed by atoms with Gasteiger partial charge in [-0.1, -0.05) is 20.8 Å². The van der Waals surface area contributed by atoms with Gasteiger partial charge >= 0.3 is 0 Å². The summed E-state index contributed by atoms with van der Waals surface area (Å²) >= 11 is 0. The number of piperazine rings is 1. The Labute approximate surface area is 148 Å². The highest BCUT2D eigenvalue weighted by molar-refractivity contribution is 5.77. The first kappa shape index (κ1) is 19.5. The smallest absolute Gasteiger partial charge is 0.188 e. The third kappa shape index (κ3) is 6.22. The van der Waals surface area contributed by atoms with Crippen LogP contribution in [0.3, 0.4) is 0 Å². The van der Waals surface area contributed by atoms with Crippen LogP contribution in [0.5, 0.6) is 0 Å². The Morgan fingerprint density at radius 1 is 1.12 bits per heavy atom. The lowest BCUT2D eigenvalue weighted by atomic mass is 10.1. The molecule has 2 saturated heterocycles. The fourth-order valence-corrected chi connectivity index (χ4v) is 3.86. The number of guanidine groups is 1. The standard InChI is InChI=1S/C18H38N6/c1-4-22-9-11-23(12-10-22)15-16(3)13-20-18(19)21-14-17-7-6-8-24(17)5-2/h16-17H,4-15H2,1-3H3,(H3,19,20,21). The average molecular weight is 339 g/mol. The third-order valence-electron chi connectivity index (χ3n) is 5.48. The van der Waals surface area contributed by atoms with Gasteiger partial charge in [0.25, 0.3) is 0 Å². The molecule has 2 fully saturated rings. The Bertz CT molecular complexity index is 378. The van der Waals surface area contributed by atoms with Crippen LogP contribution in [0, 0.1) is 5.92 Å². The van der Waals surface area contributed by atoms with Crippen molar-refractivity contribution in [3.63, 3.8) is 0 Å². The predicted octanol–water partition coefficient (Wildman–Crippen LogP) is 0.649. The number of hydrogen-bond acceptors (Lipinski definition) is 4. The summed E-state index contributed by atoms with van der Waals surface area (Å²) in [6.45, 7) is 17.9. The molecule has 0 aromatic heterocycles. The van der Waals surface area contributed by atoms with E-state index in [0.29, 0.717) is 17.9 Å². The van der Waals surface area contributed by atoms with Crippen molar-refractivity contribution in [2.45, 2.75) is 39.7 Å². The highest BCUT2D eigenvalue weighted by atomic mass is 15.3. The molecule has 6 heteroatoms. The number of likely N-dealkylation sites (N-methyl/N-ethyl adjacent to an activating group) is 2. The molecule has 2 atom stereocenters. The minimum absolute atomic E-state index is 0.553. The molecule has 140 valence electrons. The quantitative estimate of drug-likeness (QED) is 0.503. The van der Waals surface area contributed by atoms with Crippen LogP contribution in [-0.2, 0) is 0 Å². The molecule has 2 rings (SSSR count). The van der Waals surface area contributed by atoms with Crippen molar-refractivity contribution in [2.24, 2.45) is 16.6 Å². The van der Waals surface area contributed by atoms with E-state index in [1.54, 1.807) is 0 Å². The molecule has 0 spiro atoms. The maximum atomic E-state index is 6.06. The van der Waals surface area contributed by atoms with Crippen LogP contribution >= 0.6 is 0 Å². The third-order valence-corrected chi connectivity index (χ3v) is 5.48. The maximum absolute atomic E-state index is 6.06. The van der Waals surface area contributed by atoms with Crippen LogP contribution in [0.2, 0.25) is 0 Å². The molecule has 0 saturated carbocycles. The average Bonchev–Trinajstić information content (AvgIpc) is 3.06. The van der Waals surface area contributed by atoms with E-state index in [1.807, 2.05) is 0 Å². The second-order valence-electron chi connectivity index (χ2n) is 7.37. The second kappa shape index (κ2) is 10.2. The summed E-state index contributed by atoms with van der Waals surface area (Å²) in [7, 11) is 0. The normalized spacial score (nSPS) is 26.0. The highest BCUT2D eigenvalue weighted by Crippen LogP contribution is 2.15. The summed E-state index contributed by atoms with van der Waals surface area (Å²) in [5, 5.41) is 3.33. The molecule has 0 aromatic rings. The zero-order chi connectivity index (χ0) is 17.4. The van der Waals surface area contributed by atoms with Crippen molar-refractivity contribution in [1.82, 2.24) is 20.0 Å². The Morgan fingerprint density at radius 3 is 2.50 bits per heavy atom. The van der Waals surface area contributed by atoms with Crippen LogP contribution in [0.25, 0.3) is 0 Å². The van der Waals surface area contributed by atoms with E-state index in [-0.39, 0.29) is 0 Å². The molecule has 0 amide bonds. The summed E-state index contributed by atoms with van der Waals surface area (Å²) < 4.78 is 0. The van der Waals surface area contributed by atoms with Gasteiger partial charge in [-0.2, -0.15) is 0 Å². The van der Waals surface area contributed by atoms with E-state index in [4.69, 9.17) is 5.73 Å². The minimum atomic E-state index is 0.553. The van der Waals surface area contributed by atoms with Crippen LogP contribution in [-0.4, -0.2) is 92.1 Å². The lowest BCUT2D eigenvalue weighted by molar-refractivity contribution is 0.125. The maximum Gasteiger partial charge on any atom is 0.188 e. The predicted molar refractivity (Wildman–Crippen MR) is 102 cm³/mol. The monoisotopic (exact) mass is 338 g/mol. The number of hydrogen-bond donors (Lipinski definition) is 2. The summed E-state index contributed by atoms with van der Waals surface area (Å²) in [5.74, 6) is 1.16. The van der Waals surface area contributed by atoms with Gasteiger partial charge in [0.05, 0.1) is 0 Å². The zero-order valence-corrected chi connectivity index (χ0v) is 16.0. The second-order valence-corrected chi connectivity index (χ2v) is 7.37. The van der Waals surface area contributed by atoms with Crippen molar-refractivity contribution in [1.29, 1.82) is 0 Å². The van der Waals surface area contributed by atoms with Gasteiger partial charge in [0.15, 0.2) is 5.96 Å². The van der Waals surface area contributed by atoms with Crippen LogP contribution in [0.1, 0.15) is 33.6 Å². The Kier molecular flexibility index (Phi) is 8.29. The van der Waals surface area contributed by atoms with Crippen LogP contribution < -0.4 is 11.1 Å². The SMILES string of the molecule is CCN1CCN(CC(C)CN=C(N)NCC2CCCN2CC)CC1. The zero-order valence-electron chi connectivity index (χ0n) is 16.0. The number of aliphatic imine (C=N–C) groups is 1. The molecular weight excluding hydrogens is 300 g/mol. The molecule has 24 heavy (non-hydrogen) atoms. The highest BCUT2D eigenvalue weighted by Gasteiger charge is 2.22. The van der Waals surface area contributed by atoms with Gasteiger partial charge in [-0.25, -0.2) is 0 Å². The van der Waals surface area contributed by atoms with E-state index < -0.39 is 0 Å². The van der Waals surface area contributed by atoms with Gasteiger partial charge in [0, 0.05) is 51.9 Å². The Hall–Kier alpha value is -0.850. The molecule has 2 aliphatic rings. The first-order valence-electron chi connectivity index (χ1n) is 9.84. The molecular formula is C18H38N6. The summed E-state index contributed by atoms with van der Waals surface area (Å²) in [6.07, 6.45) is 2.58. The van der Waals surface area contributed by atoms with E-state index in [0.717, 1.165) is 26.2 Å². The summed E-state index contributed by atoms with van der Waals surface area (Å²) in [5.41, 5.74) is 6.06. The minimum Gasteiger partial charge on any atom is -0.370 e. The molecule has 0 radical (unpaired) electrons. The lowest BCUT2D eigenvalue weighted by Gasteiger charge is -2.35. The van der Waals surface area contributed by atoms with E-state index in [1.165, 1.54) is 52.1 Å². The van der Waals surface area contributed by atoms with Crippen molar-refractivity contribution in [2.75, 3.05) is 65.4 Å². The molecule has 2 heterocycles. The van der Waals surface area contributed by atoms with E-state index >= 15 is 0 Å². The summed E-state index contributed by atoms with van der Waals surface area (Å²) in [6, 6.07) is 0.621. The fraction of sp³-hybridized carbons (Fsp3) is 0.944. The van der Waals surface area contributed by atoms with Crippen LogP contribution in [0.4, 0.5) is 0 Å². The molecule has 6 nitrogen and oxygen atoms in total. The van der Waals surface area contributed by atoms with E-state index in [2.05, 4.69) is 45.8 Å². The first-order valence-corrected chi connectivity index (χ1v) is 9.84. The summed E-state index contributed by atoms with van der Waals surface area (Å²) in [4.78, 5) is 12.2. The molecule has 2 aliphatic heterocycles. The Morgan fingerprint density at radius 2 is 1.83 bits per heavy atom. The lowest BCUT2D eigenvalue weighted by Crippen LogP contribution is -2.47. The van der Waals surface area contributed by atoms with E-state index in [9.17, 15) is 0 Å². The fourth-order valence-electron chi connectivity index (χ4n) is 3.86. The van der Waals surface area contributed by atoms with Gasteiger partial charge < -0.3 is 20.9 Å². The van der Waals surface area contributed by atoms with Gasteiger partial charge in [-0.15, -0.1) is 0 Å². The van der Waals surface area contributed by atoms with Gasteiger partial charge in [0.1, 0.15) is 0 Å².